The summed E-state index contributed by atoms with van der Waals surface area (Å²) in [7, 11) is -3.60. The topological polar surface area (TPSA) is 88.5 Å². The van der Waals surface area contributed by atoms with Crippen LogP contribution in [0.25, 0.3) is 10.9 Å². The third kappa shape index (κ3) is 4.76. The van der Waals surface area contributed by atoms with Crippen molar-refractivity contribution in [3.63, 3.8) is 0 Å². The van der Waals surface area contributed by atoms with E-state index in [-0.39, 0.29) is 22.9 Å². The highest BCUT2D eigenvalue weighted by Crippen LogP contribution is 2.25. The summed E-state index contributed by atoms with van der Waals surface area (Å²) in [5.41, 5.74) is 1.18. The molecule has 2 heterocycles. The van der Waals surface area contributed by atoms with Gasteiger partial charge < -0.3 is 5.32 Å². The average Bonchev–Trinajstić information content (AvgIpc) is 2.80. The Labute approximate surface area is 187 Å². The molecule has 3 aromatic rings. The number of amides is 1. The van der Waals surface area contributed by atoms with Crippen molar-refractivity contribution in [2.45, 2.75) is 37.8 Å². The van der Waals surface area contributed by atoms with Crippen molar-refractivity contribution in [1.29, 1.82) is 0 Å². The van der Waals surface area contributed by atoms with Gasteiger partial charge in [-0.05, 0) is 54.0 Å². The maximum absolute atomic E-state index is 13.1. The molecule has 1 aliphatic rings. The van der Waals surface area contributed by atoms with Gasteiger partial charge in [0.1, 0.15) is 6.54 Å². The first kappa shape index (κ1) is 22.2. The minimum Gasteiger partial charge on any atom is -0.350 e. The number of rotatable bonds is 6. The molecule has 1 saturated heterocycles. The Morgan fingerprint density at radius 3 is 2.47 bits per heavy atom. The van der Waals surface area contributed by atoms with E-state index in [4.69, 9.17) is 0 Å². The summed E-state index contributed by atoms with van der Waals surface area (Å²) in [4.78, 5) is 25.1. The molecule has 0 unspecified atom stereocenters. The van der Waals surface area contributed by atoms with Crippen LogP contribution in [0.15, 0.2) is 70.4 Å². The van der Waals surface area contributed by atoms with E-state index in [0.29, 0.717) is 36.5 Å². The number of pyridine rings is 1. The van der Waals surface area contributed by atoms with E-state index in [1.54, 1.807) is 18.2 Å². The lowest BCUT2D eigenvalue weighted by molar-refractivity contribution is -0.121. The largest absolute Gasteiger partial charge is 0.350 e. The molecule has 2 aromatic carbocycles. The van der Waals surface area contributed by atoms with Gasteiger partial charge in [-0.15, -0.1) is 0 Å². The van der Waals surface area contributed by atoms with Gasteiger partial charge in [-0.1, -0.05) is 37.3 Å². The lowest BCUT2D eigenvalue weighted by atomic mass is 10.0. The molecular weight excluding hydrogens is 426 g/mol. The highest BCUT2D eigenvalue weighted by molar-refractivity contribution is 7.89. The number of sulfonamides is 1. The second-order valence-corrected chi connectivity index (χ2v) is 10.3. The molecule has 4 rings (SSSR count). The molecule has 168 valence electrons. The maximum atomic E-state index is 13.1. The Morgan fingerprint density at radius 2 is 1.75 bits per heavy atom. The number of piperidine rings is 1. The number of hydrogen-bond donors (Lipinski definition) is 1. The van der Waals surface area contributed by atoms with Gasteiger partial charge in [0.25, 0.3) is 5.56 Å². The molecule has 1 aromatic heterocycles. The lowest BCUT2D eigenvalue weighted by Gasteiger charge is -2.29. The fraction of sp³-hybridized carbons (Fsp3) is 0.333. The molecule has 7 nitrogen and oxygen atoms in total. The van der Waals surface area contributed by atoms with Gasteiger partial charge in [-0.25, -0.2) is 8.42 Å². The standard InChI is InChI=1S/C24H27N3O4S/c1-18-11-13-26(14-12-18)32(30,31)21-8-9-22-20(15-21)7-10-24(29)27(22)17-23(28)25-16-19-5-3-2-4-6-19/h2-10,15,18H,11-14,16-17H2,1H3,(H,25,28). The summed E-state index contributed by atoms with van der Waals surface area (Å²) in [5.74, 6) is 0.239. The molecule has 0 radical (unpaired) electrons. The van der Waals surface area contributed by atoms with Crippen LogP contribution < -0.4 is 10.9 Å². The molecular formula is C24H27N3O4S. The van der Waals surface area contributed by atoms with Crippen LogP contribution in [0.1, 0.15) is 25.3 Å². The normalized spacial score (nSPS) is 15.7. The summed E-state index contributed by atoms with van der Waals surface area (Å²) in [5, 5.41) is 3.42. The van der Waals surface area contributed by atoms with Crippen LogP contribution in [0.2, 0.25) is 0 Å². The van der Waals surface area contributed by atoms with Gasteiger partial charge in [0.05, 0.1) is 10.4 Å². The molecule has 0 aliphatic carbocycles. The molecule has 0 atom stereocenters. The van der Waals surface area contributed by atoms with Gasteiger partial charge in [0.2, 0.25) is 15.9 Å². The number of nitrogens with zero attached hydrogens (tertiary/aromatic N) is 2. The van der Waals surface area contributed by atoms with Crippen molar-refractivity contribution in [2.75, 3.05) is 13.1 Å². The first-order chi connectivity index (χ1) is 15.3. The van der Waals surface area contributed by atoms with Crippen LogP contribution in [0, 0.1) is 5.92 Å². The van der Waals surface area contributed by atoms with Crippen LogP contribution in [-0.4, -0.2) is 36.3 Å². The summed E-state index contributed by atoms with van der Waals surface area (Å²) < 4.78 is 29.1. The zero-order valence-electron chi connectivity index (χ0n) is 18.0. The SMILES string of the molecule is CC1CCN(S(=O)(=O)c2ccc3c(ccc(=O)n3CC(=O)NCc3ccccc3)c2)CC1. The van der Waals surface area contributed by atoms with Crippen LogP contribution in [0.4, 0.5) is 0 Å². The summed E-state index contributed by atoms with van der Waals surface area (Å²) in [6.07, 6.45) is 1.70. The monoisotopic (exact) mass is 453 g/mol. The van der Waals surface area contributed by atoms with E-state index < -0.39 is 10.0 Å². The van der Waals surface area contributed by atoms with E-state index in [0.717, 1.165) is 18.4 Å². The van der Waals surface area contributed by atoms with Crippen LogP contribution in [0.5, 0.6) is 0 Å². The number of fused-ring (bicyclic) bond motifs is 1. The van der Waals surface area contributed by atoms with Gasteiger partial charge in [-0.3, -0.25) is 14.2 Å². The Morgan fingerprint density at radius 1 is 1.03 bits per heavy atom. The number of benzene rings is 2. The zero-order valence-corrected chi connectivity index (χ0v) is 18.8. The van der Waals surface area contributed by atoms with Crippen molar-refractivity contribution >= 4 is 26.8 Å². The van der Waals surface area contributed by atoms with E-state index in [2.05, 4.69) is 12.2 Å². The van der Waals surface area contributed by atoms with Crippen LogP contribution in [-0.2, 0) is 27.9 Å². The first-order valence-corrected chi connectivity index (χ1v) is 12.2. The molecule has 32 heavy (non-hydrogen) atoms. The molecule has 1 fully saturated rings. The molecule has 0 spiro atoms. The first-order valence-electron chi connectivity index (χ1n) is 10.8. The Balaban J connectivity index is 1.56. The van der Waals surface area contributed by atoms with Crippen LogP contribution in [0.3, 0.4) is 0 Å². The maximum Gasteiger partial charge on any atom is 0.251 e. The van der Waals surface area contributed by atoms with Gasteiger partial charge in [-0.2, -0.15) is 4.31 Å². The van der Waals surface area contributed by atoms with Gasteiger partial charge >= 0.3 is 0 Å². The lowest BCUT2D eigenvalue weighted by Crippen LogP contribution is -2.37. The molecule has 1 N–H and O–H groups in total. The highest BCUT2D eigenvalue weighted by Gasteiger charge is 2.28. The van der Waals surface area contributed by atoms with Crippen molar-refractivity contribution < 1.29 is 13.2 Å². The van der Waals surface area contributed by atoms with Gasteiger partial charge in [0, 0.05) is 25.7 Å². The predicted octanol–water partition coefficient (Wildman–Crippen LogP) is 2.74. The molecule has 8 heteroatoms. The predicted molar refractivity (Wildman–Crippen MR) is 124 cm³/mol. The fourth-order valence-corrected chi connectivity index (χ4v) is 5.48. The number of hydrogen-bond acceptors (Lipinski definition) is 4. The van der Waals surface area contributed by atoms with Crippen molar-refractivity contribution in [3.05, 3.63) is 76.6 Å². The smallest absolute Gasteiger partial charge is 0.251 e. The van der Waals surface area contributed by atoms with E-state index in [1.807, 2.05) is 30.3 Å². The molecule has 1 amide bonds. The third-order valence-electron chi connectivity index (χ3n) is 5.98. The van der Waals surface area contributed by atoms with E-state index in [9.17, 15) is 18.0 Å². The van der Waals surface area contributed by atoms with E-state index in [1.165, 1.54) is 21.0 Å². The summed E-state index contributed by atoms with van der Waals surface area (Å²) in [6.45, 7) is 3.40. The molecule has 0 bridgehead atoms. The summed E-state index contributed by atoms with van der Waals surface area (Å²) >= 11 is 0. The molecule has 0 saturated carbocycles. The number of carbonyl (C=O) groups excluding carboxylic acids is 1. The van der Waals surface area contributed by atoms with Crippen molar-refractivity contribution in [1.82, 2.24) is 14.2 Å². The van der Waals surface area contributed by atoms with Crippen molar-refractivity contribution in [2.24, 2.45) is 5.92 Å². The van der Waals surface area contributed by atoms with Crippen molar-refractivity contribution in [3.8, 4) is 0 Å². The quantitative estimate of drug-likeness (QED) is 0.622. The Hall–Kier alpha value is -2.97. The average molecular weight is 454 g/mol. The highest BCUT2D eigenvalue weighted by atomic mass is 32.2. The minimum atomic E-state index is -3.60. The Bertz CT molecular complexity index is 1280. The second kappa shape index (κ2) is 9.26. The Kier molecular flexibility index (Phi) is 6.43. The number of nitrogens with one attached hydrogen (secondary N) is 1. The second-order valence-electron chi connectivity index (χ2n) is 8.33. The van der Waals surface area contributed by atoms with Gasteiger partial charge in [0.15, 0.2) is 0 Å². The molecule has 1 aliphatic heterocycles. The number of carbonyl (C=O) groups is 1. The van der Waals surface area contributed by atoms with E-state index >= 15 is 0 Å². The third-order valence-corrected chi connectivity index (χ3v) is 7.87. The zero-order chi connectivity index (χ0) is 22.7. The fourth-order valence-electron chi connectivity index (χ4n) is 3.98. The number of aromatic nitrogens is 1. The summed E-state index contributed by atoms with van der Waals surface area (Å²) in [6, 6.07) is 17.2. The van der Waals surface area contributed by atoms with Crippen LogP contribution >= 0.6 is 0 Å². The minimum absolute atomic E-state index is 0.140.